The van der Waals surface area contributed by atoms with Gasteiger partial charge in [0.1, 0.15) is 5.82 Å². The van der Waals surface area contributed by atoms with Crippen LogP contribution in [-0.2, 0) is 25.6 Å². The van der Waals surface area contributed by atoms with E-state index in [2.05, 4.69) is 5.32 Å². The molecule has 0 aliphatic carbocycles. The van der Waals surface area contributed by atoms with E-state index in [1.807, 2.05) is 0 Å². The molecule has 0 heterocycles. The summed E-state index contributed by atoms with van der Waals surface area (Å²) in [6.45, 7) is 3.88. The first-order valence-electron chi connectivity index (χ1n) is 6.39. The van der Waals surface area contributed by atoms with Gasteiger partial charge in [0.05, 0.1) is 13.2 Å². The molecule has 1 aromatic carbocycles. The first-order chi connectivity index (χ1) is 9.58. The summed E-state index contributed by atoms with van der Waals surface area (Å²) >= 11 is 0. The molecule has 6 heteroatoms. The summed E-state index contributed by atoms with van der Waals surface area (Å²) in [5.41, 5.74) is 0.741. The minimum atomic E-state index is -1.18. The first-order valence-corrected chi connectivity index (χ1v) is 6.39. The molecule has 1 rings (SSSR count). The monoisotopic (exact) mass is 283 g/mol. The number of hydrogen-bond acceptors (Lipinski definition) is 5. The molecule has 0 fully saturated rings. The van der Waals surface area contributed by atoms with Crippen molar-refractivity contribution in [2.45, 2.75) is 26.4 Å². The predicted molar refractivity (Wildman–Crippen MR) is 70.3 cm³/mol. The molecule has 1 N–H and O–H groups in total. The first kappa shape index (κ1) is 16.1. The number of hydrogen-bond donors (Lipinski definition) is 1. The number of rotatable bonds is 7. The van der Waals surface area contributed by atoms with Crippen LogP contribution < -0.4 is 5.32 Å². The van der Waals surface area contributed by atoms with E-state index in [1.54, 1.807) is 26.0 Å². The van der Waals surface area contributed by atoms with Crippen molar-refractivity contribution in [2.24, 2.45) is 0 Å². The zero-order valence-corrected chi connectivity index (χ0v) is 11.5. The van der Waals surface area contributed by atoms with E-state index >= 15 is 0 Å². The van der Waals surface area contributed by atoms with Crippen molar-refractivity contribution in [3.05, 3.63) is 35.6 Å². The Morgan fingerprint density at radius 1 is 1.10 bits per heavy atom. The molecule has 0 saturated carbocycles. The third-order valence-corrected chi connectivity index (χ3v) is 2.47. The Labute approximate surface area is 117 Å². The lowest BCUT2D eigenvalue weighted by Gasteiger charge is -2.15. The van der Waals surface area contributed by atoms with Gasteiger partial charge in [0, 0.05) is 6.54 Å². The van der Waals surface area contributed by atoms with Gasteiger partial charge in [0.15, 0.2) is 0 Å². The maximum absolute atomic E-state index is 12.8. The summed E-state index contributed by atoms with van der Waals surface area (Å²) in [6.07, 6.45) is 0. The Morgan fingerprint density at radius 2 is 1.60 bits per heavy atom. The quantitative estimate of drug-likeness (QED) is 0.605. The second-order valence-electron chi connectivity index (χ2n) is 3.94. The molecule has 0 unspecified atom stereocenters. The molecule has 1 aromatic rings. The van der Waals surface area contributed by atoms with Crippen LogP contribution in [0.3, 0.4) is 0 Å². The summed E-state index contributed by atoms with van der Waals surface area (Å²) in [5, 5.41) is 2.75. The van der Waals surface area contributed by atoms with Crippen LogP contribution in [0.2, 0.25) is 0 Å². The second-order valence-corrected chi connectivity index (χ2v) is 3.94. The zero-order valence-electron chi connectivity index (χ0n) is 11.5. The van der Waals surface area contributed by atoms with Crippen LogP contribution in [0, 0.1) is 5.82 Å². The minimum Gasteiger partial charge on any atom is -0.464 e. The average Bonchev–Trinajstić information content (AvgIpc) is 2.42. The molecule has 110 valence electrons. The Balaban J connectivity index is 2.66. The molecule has 0 aliphatic rings. The van der Waals surface area contributed by atoms with Gasteiger partial charge in [-0.2, -0.15) is 0 Å². The third kappa shape index (κ3) is 4.97. The topological polar surface area (TPSA) is 64.6 Å². The van der Waals surface area contributed by atoms with Crippen molar-refractivity contribution < 1.29 is 23.5 Å². The van der Waals surface area contributed by atoms with Crippen LogP contribution in [0.25, 0.3) is 0 Å². The van der Waals surface area contributed by atoms with E-state index < -0.39 is 18.0 Å². The van der Waals surface area contributed by atoms with Gasteiger partial charge in [-0.15, -0.1) is 0 Å². The number of halogens is 1. The Morgan fingerprint density at radius 3 is 2.05 bits per heavy atom. The highest BCUT2D eigenvalue weighted by Crippen LogP contribution is 2.04. The van der Waals surface area contributed by atoms with Crippen molar-refractivity contribution in [3.63, 3.8) is 0 Å². The summed E-state index contributed by atoms with van der Waals surface area (Å²) in [6, 6.07) is 4.56. The maximum Gasteiger partial charge on any atom is 0.334 e. The number of benzene rings is 1. The number of ether oxygens (including phenoxy) is 2. The molecule has 0 aliphatic heterocycles. The molecule has 0 saturated heterocycles. The summed E-state index contributed by atoms with van der Waals surface area (Å²) in [7, 11) is 0. The minimum absolute atomic E-state index is 0.174. The van der Waals surface area contributed by atoms with Gasteiger partial charge < -0.3 is 9.47 Å². The Bertz CT molecular complexity index is 429. The fourth-order valence-electron chi connectivity index (χ4n) is 1.54. The second kappa shape index (κ2) is 8.27. The molecule has 0 spiro atoms. The summed E-state index contributed by atoms with van der Waals surface area (Å²) in [4.78, 5) is 23.4. The maximum atomic E-state index is 12.8. The normalized spacial score (nSPS) is 10.4. The highest BCUT2D eigenvalue weighted by molar-refractivity contribution is 5.99. The summed E-state index contributed by atoms with van der Waals surface area (Å²) in [5.74, 6) is -1.72. The van der Waals surface area contributed by atoms with Gasteiger partial charge in [-0.3, -0.25) is 5.32 Å². The average molecular weight is 283 g/mol. The van der Waals surface area contributed by atoms with E-state index in [0.717, 1.165) is 5.56 Å². The van der Waals surface area contributed by atoms with Crippen molar-refractivity contribution in [3.8, 4) is 0 Å². The molecule has 0 aromatic heterocycles. The van der Waals surface area contributed by atoms with E-state index in [-0.39, 0.29) is 25.6 Å². The smallest absolute Gasteiger partial charge is 0.334 e. The molecule has 0 atom stereocenters. The van der Waals surface area contributed by atoms with Crippen molar-refractivity contribution in [1.29, 1.82) is 0 Å². The van der Waals surface area contributed by atoms with Crippen molar-refractivity contribution in [2.75, 3.05) is 13.2 Å². The molecule has 20 heavy (non-hydrogen) atoms. The zero-order chi connectivity index (χ0) is 15.0. The van der Waals surface area contributed by atoms with E-state index in [1.165, 1.54) is 12.1 Å². The van der Waals surface area contributed by atoms with E-state index in [9.17, 15) is 14.0 Å². The molecule has 0 bridgehead atoms. The number of carbonyl (C=O) groups is 2. The largest absolute Gasteiger partial charge is 0.464 e. The molecular formula is C14H18FNO4. The van der Waals surface area contributed by atoms with Gasteiger partial charge >= 0.3 is 11.9 Å². The lowest BCUT2D eigenvalue weighted by atomic mass is 10.2. The molecule has 0 amide bonds. The van der Waals surface area contributed by atoms with Crippen LogP contribution in [0.4, 0.5) is 4.39 Å². The highest BCUT2D eigenvalue weighted by atomic mass is 19.1. The van der Waals surface area contributed by atoms with Crippen LogP contribution in [0.5, 0.6) is 0 Å². The molecule has 5 nitrogen and oxygen atoms in total. The van der Waals surface area contributed by atoms with Crippen LogP contribution in [0.1, 0.15) is 19.4 Å². The van der Waals surface area contributed by atoms with Gasteiger partial charge in [-0.25, -0.2) is 14.0 Å². The van der Waals surface area contributed by atoms with Crippen molar-refractivity contribution >= 4 is 11.9 Å². The Hall–Kier alpha value is -1.95. The highest BCUT2D eigenvalue weighted by Gasteiger charge is 2.28. The van der Waals surface area contributed by atoms with Crippen LogP contribution >= 0.6 is 0 Å². The van der Waals surface area contributed by atoms with Gasteiger partial charge in [-0.1, -0.05) is 12.1 Å². The van der Waals surface area contributed by atoms with Gasteiger partial charge in [0.2, 0.25) is 6.04 Å². The van der Waals surface area contributed by atoms with E-state index in [4.69, 9.17) is 9.47 Å². The fraction of sp³-hybridized carbons (Fsp3) is 0.429. The van der Waals surface area contributed by atoms with Gasteiger partial charge in [-0.05, 0) is 31.5 Å². The van der Waals surface area contributed by atoms with E-state index in [0.29, 0.717) is 0 Å². The number of esters is 2. The Kier molecular flexibility index (Phi) is 6.66. The standard InChI is InChI=1S/C14H18FNO4/c1-3-19-13(17)12(14(18)20-4-2)16-9-10-5-7-11(15)8-6-10/h5-8,12,16H,3-4,9H2,1-2H3. The SMILES string of the molecule is CCOC(=O)C(NCc1ccc(F)cc1)C(=O)OCC. The molecular weight excluding hydrogens is 265 g/mol. The number of nitrogens with one attached hydrogen (secondary N) is 1. The predicted octanol–water partition coefficient (Wildman–Crippen LogP) is 1.41. The third-order valence-electron chi connectivity index (χ3n) is 2.47. The van der Waals surface area contributed by atoms with Gasteiger partial charge in [0.25, 0.3) is 0 Å². The van der Waals surface area contributed by atoms with Crippen LogP contribution in [-0.4, -0.2) is 31.2 Å². The lowest BCUT2D eigenvalue weighted by molar-refractivity contribution is -0.158. The lowest BCUT2D eigenvalue weighted by Crippen LogP contribution is -2.45. The fourth-order valence-corrected chi connectivity index (χ4v) is 1.54. The summed E-state index contributed by atoms with van der Waals surface area (Å²) < 4.78 is 22.4. The number of carbonyl (C=O) groups excluding carboxylic acids is 2. The molecule has 0 radical (unpaired) electrons. The van der Waals surface area contributed by atoms with Crippen LogP contribution in [0.15, 0.2) is 24.3 Å². The van der Waals surface area contributed by atoms with Crippen molar-refractivity contribution in [1.82, 2.24) is 5.32 Å².